The first-order valence-corrected chi connectivity index (χ1v) is 8.87. The van der Waals surface area contributed by atoms with Crippen LogP contribution in [0.15, 0.2) is 0 Å². The topological polar surface area (TPSA) is 0 Å². The zero-order valence-corrected chi connectivity index (χ0v) is 10.9. The Kier molecular flexibility index (Phi) is 4.02. The van der Waals surface area contributed by atoms with Gasteiger partial charge in [0.05, 0.1) is 8.07 Å². The summed E-state index contributed by atoms with van der Waals surface area (Å²) in [7, 11) is -0.758. The third-order valence-electron chi connectivity index (χ3n) is 3.35. The highest BCUT2D eigenvalue weighted by atomic mass is 28.3. The van der Waals surface area contributed by atoms with Crippen molar-refractivity contribution in [3.8, 4) is 0 Å². The Morgan fingerprint density at radius 2 is 1.23 bits per heavy atom. The lowest BCUT2D eigenvalue weighted by molar-refractivity contribution is 0.676. The fourth-order valence-corrected chi connectivity index (χ4v) is 10.0. The summed E-state index contributed by atoms with van der Waals surface area (Å²) in [5.41, 5.74) is 0. The van der Waals surface area contributed by atoms with Gasteiger partial charge in [-0.1, -0.05) is 64.7 Å². The minimum atomic E-state index is -0.758. The highest BCUT2D eigenvalue weighted by Gasteiger charge is 2.36. The number of rotatable bonds is 4. The molecule has 1 heterocycles. The molecule has 0 atom stereocenters. The Morgan fingerprint density at radius 3 is 1.54 bits per heavy atom. The van der Waals surface area contributed by atoms with Gasteiger partial charge in [-0.25, -0.2) is 0 Å². The van der Waals surface area contributed by atoms with Crippen molar-refractivity contribution in [2.45, 2.75) is 64.7 Å². The first-order chi connectivity index (χ1) is 6.04. The second kappa shape index (κ2) is 4.63. The lowest BCUT2D eigenvalue weighted by Gasteiger charge is -2.30. The molecule has 0 aromatic rings. The van der Waals surface area contributed by atoms with Crippen molar-refractivity contribution in [1.29, 1.82) is 0 Å². The van der Waals surface area contributed by atoms with Crippen LogP contribution in [0.4, 0.5) is 0 Å². The van der Waals surface area contributed by atoms with E-state index in [9.17, 15) is 0 Å². The van der Waals surface area contributed by atoms with Gasteiger partial charge in [0, 0.05) is 0 Å². The zero-order chi connectivity index (χ0) is 9.90. The average Bonchev–Trinajstić information content (AvgIpc) is 2.33. The minimum absolute atomic E-state index is 0.758. The van der Waals surface area contributed by atoms with Crippen LogP contribution in [0.1, 0.15) is 40.5 Å². The van der Waals surface area contributed by atoms with E-state index in [1.54, 1.807) is 37.0 Å². The molecule has 0 saturated carbocycles. The van der Waals surface area contributed by atoms with Crippen LogP contribution in [0.3, 0.4) is 0 Å². The third-order valence-corrected chi connectivity index (χ3v) is 9.54. The van der Waals surface area contributed by atoms with Crippen molar-refractivity contribution >= 4 is 8.07 Å². The first kappa shape index (κ1) is 11.3. The summed E-state index contributed by atoms with van der Waals surface area (Å²) in [5, 5.41) is 0. The molecule has 0 radical (unpaired) electrons. The van der Waals surface area contributed by atoms with Gasteiger partial charge in [0.25, 0.3) is 0 Å². The highest BCUT2D eigenvalue weighted by molar-refractivity contribution is 6.80. The van der Waals surface area contributed by atoms with Crippen LogP contribution in [0.2, 0.25) is 24.2 Å². The largest absolute Gasteiger partial charge is 0.0630 e. The van der Waals surface area contributed by atoms with Gasteiger partial charge < -0.3 is 0 Å². The summed E-state index contributed by atoms with van der Waals surface area (Å²) in [6.45, 7) is 9.64. The molecule has 13 heavy (non-hydrogen) atoms. The van der Waals surface area contributed by atoms with Crippen LogP contribution in [0.5, 0.6) is 0 Å². The fourth-order valence-electron chi connectivity index (χ4n) is 3.35. The van der Waals surface area contributed by atoms with Crippen molar-refractivity contribution in [1.82, 2.24) is 0 Å². The van der Waals surface area contributed by atoms with Gasteiger partial charge in [-0.15, -0.1) is 0 Å². The number of hydrogen-bond acceptors (Lipinski definition) is 0. The van der Waals surface area contributed by atoms with Gasteiger partial charge in [-0.3, -0.25) is 0 Å². The minimum Gasteiger partial charge on any atom is -0.0630 e. The molecule has 1 saturated heterocycles. The molecule has 0 N–H and O–H groups in total. The van der Waals surface area contributed by atoms with Crippen LogP contribution in [0.25, 0.3) is 0 Å². The van der Waals surface area contributed by atoms with Crippen LogP contribution in [0, 0.1) is 11.8 Å². The Balaban J connectivity index is 2.52. The quantitative estimate of drug-likeness (QED) is 0.582. The molecule has 1 aliphatic heterocycles. The average molecular weight is 198 g/mol. The first-order valence-electron chi connectivity index (χ1n) is 6.04. The number of hydrogen-bond donors (Lipinski definition) is 0. The standard InChI is InChI=1S/C12H26Si/c1-11(2)9-13(10-12(3)4)7-5-6-8-13/h11-12H,5-10H2,1-4H3. The lowest BCUT2D eigenvalue weighted by Crippen LogP contribution is -2.33. The second-order valence-electron chi connectivity index (χ2n) is 5.90. The zero-order valence-electron chi connectivity index (χ0n) is 9.90. The summed E-state index contributed by atoms with van der Waals surface area (Å²) in [6, 6.07) is 6.49. The molecule has 0 nitrogen and oxygen atoms in total. The Labute approximate surface area is 85.1 Å². The van der Waals surface area contributed by atoms with Crippen molar-refractivity contribution in [2.24, 2.45) is 11.8 Å². The van der Waals surface area contributed by atoms with E-state index in [0.29, 0.717) is 0 Å². The molecule has 0 amide bonds. The smallest absolute Gasteiger partial charge is 0.0540 e. The fraction of sp³-hybridized carbons (Fsp3) is 1.00. The third kappa shape index (κ3) is 3.45. The van der Waals surface area contributed by atoms with E-state index in [0.717, 1.165) is 11.8 Å². The second-order valence-corrected chi connectivity index (χ2v) is 10.7. The maximum Gasteiger partial charge on any atom is 0.0540 e. The predicted octanol–water partition coefficient (Wildman–Crippen LogP) is 4.54. The molecule has 0 aliphatic carbocycles. The molecular weight excluding hydrogens is 172 g/mol. The van der Waals surface area contributed by atoms with Gasteiger partial charge in [0.1, 0.15) is 0 Å². The van der Waals surface area contributed by atoms with Crippen LogP contribution < -0.4 is 0 Å². The van der Waals surface area contributed by atoms with E-state index in [1.807, 2.05) is 0 Å². The monoisotopic (exact) mass is 198 g/mol. The van der Waals surface area contributed by atoms with Crippen molar-refractivity contribution < 1.29 is 0 Å². The predicted molar refractivity (Wildman–Crippen MR) is 63.9 cm³/mol. The molecule has 1 aliphatic rings. The van der Waals surface area contributed by atoms with E-state index >= 15 is 0 Å². The summed E-state index contributed by atoms with van der Waals surface area (Å²) in [4.78, 5) is 0. The molecule has 0 spiro atoms. The van der Waals surface area contributed by atoms with Crippen LogP contribution in [-0.2, 0) is 0 Å². The summed E-state index contributed by atoms with van der Waals surface area (Å²) in [5.74, 6) is 1.90. The van der Waals surface area contributed by atoms with E-state index in [2.05, 4.69) is 27.7 Å². The van der Waals surface area contributed by atoms with Gasteiger partial charge in [0.2, 0.25) is 0 Å². The Morgan fingerprint density at radius 1 is 0.846 bits per heavy atom. The van der Waals surface area contributed by atoms with E-state index in [-0.39, 0.29) is 0 Å². The maximum atomic E-state index is 2.41. The SMILES string of the molecule is CC(C)C[Si]1(CC(C)C)CCCC1. The molecule has 78 valence electrons. The molecule has 0 unspecified atom stereocenters. The van der Waals surface area contributed by atoms with Gasteiger partial charge in [-0.05, 0) is 11.8 Å². The normalized spacial score (nSPS) is 21.7. The Bertz CT molecular complexity index is 131. The van der Waals surface area contributed by atoms with Crippen molar-refractivity contribution in [3.63, 3.8) is 0 Å². The maximum absolute atomic E-state index is 2.41. The van der Waals surface area contributed by atoms with E-state index in [1.165, 1.54) is 0 Å². The molecule has 0 aromatic heterocycles. The molecule has 1 heteroatoms. The van der Waals surface area contributed by atoms with Gasteiger partial charge in [-0.2, -0.15) is 0 Å². The highest BCUT2D eigenvalue weighted by Crippen LogP contribution is 2.40. The molecule has 0 aromatic carbocycles. The van der Waals surface area contributed by atoms with Crippen LogP contribution in [-0.4, -0.2) is 8.07 Å². The van der Waals surface area contributed by atoms with Gasteiger partial charge in [0.15, 0.2) is 0 Å². The molecule has 1 fully saturated rings. The van der Waals surface area contributed by atoms with Crippen molar-refractivity contribution in [2.75, 3.05) is 0 Å². The van der Waals surface area contributed by atoms with Crippen LogP contribution >= 0.6 is 0 Å². The molecule has 0 bridgehead atoms. The lowest BCUT2D eigenvalue weighted by atomic mass is 10.3. The van der Waals surface area contributed by atoms with Gasteiger partial charge >= 0.3 is 0 Å². The molecule has 1 rings (SSSR count). The van der Waals surface area contributed by atoms with E-state index in [4.69, 9.17) is 0 Å². The molecular formula is C12H26Si. The van der Waals surface area contributed by atoms with Crippen molar-refractivity contribution in [3.05, 3.63) is 0 Å². The van der Waals surface area contributed by atoms with E-state index < -0.39 is 8.07 Å². The summed E-state index contributed by atoms with van der Waals surface area (Å²) in [6.07, 6.45) is 3.09. The summed E-state index contributed by atoms with van der Waals surface area (Å²) >= 11 is 0. The summed E-state index contributed by atoms with van der Waals surface area (Å²) < 4.78 is 0. The Hall–Kier alpha value is 0.217.